The molecule has 2 N–H and O–H groups in total. The van der Waals surface area contributed by atoms with Crippen molar-refractivity contribution in [3.63, 3.8) is 0 Å². The number of guanidine groups is 1. The SMILES string of the molecule is CN=C(NCc1ccc(OC)c(C(=O)OC)c1)NCC1CCCOC1C(C)(C)C.I. The van der Waals surface area contributed by atoms with E-state index in [9.17, 15) is 4.79 Å². The summed E-state index contributed by atoms with van der Waals surface area (Å²) in [6.45, 7) is 8.85. The number of carbonyl (C=O) groups excluding carboxylic acids is 1. The second-order valence-electron chi connectivity index (χ2n) is 8.39. The number of rotatable bonds is 6. The Kier molecular flexibility index (Phi) is 10.9. The molecule has 1 aromatic rings. The van der Waals surface area contributed by atoms with Gasteiger partial charge in [-0.3, -0.25) is 4.99 Å². The van der Waals surface area contributed by atoms with E-state index < -0.39 is 5.97 Å². The van der Waals surface area contributed by atoms with Crippen LogP contribution in [0.1, 0.15) is 49.5 Å². The minimum Gasteiger partial charge on any atom is -0.496 e. The van der Waals surface area contributed by atoms with Gasteiger partial charge in [-0.05, 0) is 36.0 Å². The number of esters is 1. The maximum Gasteiger partial charge on any atom is 0.341 e. The number of carbonyl (C=O) groups is 1. The Morgan fingerprint density at radius 1 is 1.27 bits per heavy atom. The van der Waals surface area contributed by atoms with Gasteiger partial charge in [0.1, 0.15) is 11.3 Å². The molecule has 1 saturated heterocycles. The molecule has 7 nitrogen and oxygen atoms in total. The van der Waals surface area contributed by atoms with Crippen molar-refractivity contribution >= 4 is 35.9 Å². The Morgan fingerprint density at radius 2 is 2.00 bits per heavy atom. The fourth-order valence-electron chi connectivity index (χ4n) is 3.78. The van der Waals surface area contributed by atoms with Gasteiger partial charge in [-0.1, -0.05) is 26.8 Å². The van der Waals surface area contributed by atoms with Crippen LogP contribution in [0, 0.1) is 11.3 Å². The lowest BCUT2D eigenvalue weighted by atomic mass is 9.78. The summed E-state index contributed by atoms with van der Waals surface area (Å²) < 4.78 is 16.1. The van der Waals surface area contributed by atoms with Crippen LogP contribution in [0.4, 0.5) is 0 Å². The topological polar surface area (TPSA) is 81.2 Å². The molecule has 170 valence electrons. The van der Waals surface area contributed by atoms with Crippen molar-refractivity contribution in [3.05, 3.63) is 29.3 Å². The molecular weight excluding hydrogens is 497 g/mol. The summed E-state index contributed by atoms with van der Waals surface area (Å²) in [7, 11) is 4.64. The van der Waals surface area contributed by atoms with E-state index in [1.807, 2.05) is 6.07 Å². The highest BCUT2D eigenvalue weighted by Gasteiger charge is 2.35. The summed E-state index contributed by atoms with van der Waals surface area (Å²) in [4.78, 5) is 16.3. The second-order valence-corrected chi connectivity index (χ2v) is 8.39. The van der Waals surface area contributed by atoms with E-state index in [0.29, 0.717) is 23.8 Å². The van der Waals surface area contributed by atoms with Crippen molar-refractivity contribution in [2.24, 2.45) is 16.3 Å². The van der Waals surface area contributed by atoms with Crippen molar-refractivity contribution in [1.82, 2.24) is 10.6 Å². The number of methoxy groups -OCH3 is 2. The smallest absolute Gasteiger partial charge is 0.341 e. The van der Waals surface area contributed by atoms with Gasteiger partial charge in [0, 0.05) is 32.7 Å². The molecule has 1 aliphatic rings. The summed E-state index contributed by atoms with van der Waals surface area (Å²) in [6, 6.07) is 5.46. The van der Waals surface area contributed by atoms with Gasteiger partial charge < -0.3 is 24.8 Å². The molecule has 2 rings (SSSR count). The van der Waals surface area contributed by atoms with Gasteiger partial charge in [0.05, 0.1) is 20.3 Å². The molecule has 2 atom stereocenters. The van der Waals surface area contributed by atoms with E-state index in [2.05, 4.69) is 36.4 Å². The third-order valence-electron chi connectivity index (χ3n) is 5.18. The summed E-state index contributed by atoms with van der Waals surface area (Å²) in [5, 5.41) is 6.73. The standard InChI is InChI=1S/C22H35N3O4.HI/c1-22(2,3)19-16(8-7-11-29-19)14-25-21(23-4)24-13-15-9-10-18(27-5)17(12-15)20(26)28-6;/h9-10,12,16,19H,7-8,11,13-14H2,1-6H3,(H2,23,24,25);1H. The van der Waals surface area contributed by atoms with Crippen LogP contribution < -0.4 is 15.4 Å². The van der Waals surface area contributed by atoms with Crippen LogP contribution in [0.15, 0.2) is 23.2 Å². The van der Waals surface area contributed by atoms with E-state index in [-0.39, 0.29) is 35.5 Å². The van der Waals surface area contributed by atoms with Crippen LogP contribution in [-0.2, 0) is 16.0 Å². The maximum absolute atomic E-state index is 12.0. The van der Waals surface area contributed by atoms with Crippen LogP contribution in [-0.4, -0.2) is 52.5 Å². The Hall–Kier alpha value is -1.55. The number of nitrogens with one attached hydrogen (secondary N) is 2. The number of nitrogens with zero attached hydrogens (tertiary/aromatic N) is 1. The Balaban J connectivity index is 0.00000450. The first-order valence-electron chi connectivity index (χ1n) is 10.1. The molecule has 8 heteroatoms. The molecule has 30 heavy (non-hydrogen) atoms. The van der Waals surface area contributed by atoms with E-state index in [1.54, 1.807) is 19.2 Å². The molecule has 0 bridgehead atoms. The quantitative estimate of drug-likeness (QED) is 0.252. The fourth-order valence-corrected chi connectivity index (χ4v) is 3.78. The molecule has 0 saturated carbocycles. The zero-order chi connectivity index (χ0) is 21.4. The normalized spacial score (nSPS) is 19.5. The first kappa shape index (κ1) is 26.5. The molecule has 0 aliphatic carbocycles. The molecular formula is C22H36IN3O4. The molecule has 1 aromatic carbocycles. The minimum atomic E-state index is -0.420. The summed E-state index contributed by atoms with van der Waals surface area (Å²) in [5.41, 5.74) is 1.45. The number of halogens is 1. The van der Waals surface area contributed by atoms with Gasteiger partial charge in [-0.15, -0.1) is 24.0 Å². The third-order valence-corrected chi connectivity index (χ3v) is 5.18. The van der Waals surface area contributed by atoms with Crippen molar-refractivity contribution in [1.29, 1.82) is 0 Å². The molecule has 0 amide bonds. The highest BCUT2D eigenvalue weighted by Crippen LogP contribution is 2.33. The first-order chi connectivity index (χ1) is 13.8. The number of hydrogen-bond acceptors (Lipinski definition) is 5. The zero-order valence-electron chi connectivity index (χ0n) is 18.9. The molecule has 1 heterocycles. The first-order valence-corrected chi connectivity index (χ1v) is 10.1. The number of hydrogen-bond donors (Lipinski definition) is 2. The molecule has 0 radical (unpaired) electrons. The molecule has 1 fully saturated rings. The highest BCUT2D eigenvalue weighted by molar-refractivity contribution is 14.0. The van der Waals surface area contributed by atoms with Crippen LogP contribution in [0.25, 0.3) is 0 Å². The molecule has 0 aromatic heterocycles. The average Bonchev–Trinajstić information content (AvgIpc) is 2.72. The second kappa shape index (κ2) is 12.3. The summed E-state index contributed by atoms with van der Waals surface area (Å²) in [6.07, 6.45) is 2.46. The third kappa shape index (κ3) is 7.30. The summed E-state index contributed by atoms with van der Waals surface area (Å²) in [5.74, 6) is 1.23. The van der Waals surface area contributed by atoms with Crippen molar-refractivity contribution < 1.29 is 19.0 Å². The average molecular weight is 533 g/mol. The minimum absolute atomic E-state index is 0. The maximum atomic E-state index is 12.0. The largest absolute Gasteiger partial charge is 0.496 e. The van der Waals surface area contributed by atoms with E-state index in [1.165, 1.54) is 14.2 Å². The monoisotopic (exact) mass is 533 g/mol. The van der Waals surface area contributed by atoms with Crippen molar-refractivity contribution in [3.8, 4) is 5.75 Å². The van der Waals surface area contributed by atoms with Crippen LogP contribution in [0.3, 0.4) is 0 Å². The highest BCUT2D eigenvalue weighted by atomic mass is 127. The lowest BCUT2D eigenvalue weighted by molar-refractivity contribution is -0.0835. The van der Waals surface area contributed by atoms with Crippen molar-refractivity contribution in [2.45, 2.75) is 46.3 Å². The van der Waals surface area contributed by atoms with Gasteiger partial charge in [0.25, 0.3) is 0 Å². The van der Waals surface area contributed by atoms with Crippen molar-refractivity contribution in [2.75, 3.05) is 34.4 Å². The van der Waals surface area contributed by atoms with Gasteiger partial charge in [0.2, 0.25) is 0 Å². The van der Waals surface area contributed by atoms with Crippen LogP contribution >= 0.6 is 24.0 Å². The van der Waals surface area contributed by atoms with E-state index >= 15 is 0 Å². The lowest BCUT2D eigenvalue weighted by Gasteiger charge is -2.40. The van der Waals surface area contributed by atoms with Crippen LogP contribution in [0.2, 0.25) is 0 Å². The predicted molar refractivity (Wildman–Crippen MR) is 130 cm³/mol. The number of aliphatic imine (C=N–C) groups is 1. The van der Waals surface area contributed by atoms with E-state index in [0.717, 1.165) is 37.5 Å². The van der Waals surface area contributed by atoms with Gasteiger partial charge in [0.15, 0.2) is 5.96 Å². The molecule has 0 spiro atoms. The Morgan fingerprint density at radius 3 is 2.60 bits per heavy atom. The van der Waals surface area contributed by atoms with E-state index in [4.69, 9.17) is 14.2 Å². The lowest BCUT2D eigenvalue weighted by Crippen LogP contribution is -2.47. The van der Waals surface area contributed by atoms with Crippen LogP contribution in [0.5, 0.6) is 5.75 Å². The van der Waals surface area contributed by atoms with Gasteiger partial charge in [-0.25, -0.2) is 4.79 Å². The predicted octanol–water partition coefficient (Wildman–Crippen LogP) is 3.61. The summed E-state index contributed by atoms with van der Waals surface area (Å²) >= 11 is 0. The molecule has 2 unspecified atom stereocenters. The van der Waals surface area contributed by atoms with Gasteiger partial charge in [-0.2, -0.15) is 0 Å². The number of benzene rings is 1. The van der Waals surface area contributed by atoms with Gasteiger partial charge >= 0.3 is 5.97 Å². The molecule has 1 aliphatic heterocycles. The fraction of sp³-hybridized carbons (Fsp3) is 0.636. The zero-order valence-corrected chi connectivity index (χ0v) is 21.2. The Bertz CT molecular complexity index is 719. The Labute approximate surface area is 197 Å². The number of ether oxygens (including phenoxy) is 3.